The number of benzene rings is 3. The summed E-state index contributed by atoms with van der Waals surface area (Å²) in [6.45, 7) is 1.98. The number of hydrogen-bond donors (Lipinski definition) is 2. The number of nitrogens with one attached hydrogen (secondary N) is 2. The lowest BCUT2D eigenvalue weighted by atomic mass is 9.99. The molecule has 2 N–H and O–H groups in total. The number of carbonyl (C=O) groups excluding carboxylic acids is 1. The van der Waals surface area contributed by atoms with Gasteiger partial charge in [0.25, 0.3) is 5.91 Å². The van der Waals surface area contributed by atoms with Crippen LogP contribution in [0, 0.1) is 0 Å². The zero-order valence-electron chi connectivity index (χ0n) is 17.4. The molecule has 0 saturated heterocycles. The Morgan fingerprint density at radius 3 is 2.37 bits per heavy atom. The molecular weight excluding hydrogens is 380 g/mol. The zero-order valence-corrected chi connectivity index (χ0v) is 17.4. The van der Waals surface area contributed by atoms with E-state index in [4.69, 9.17) is 14.2 Å². The molecule has 0 aliphatic carbocycles. The molecular formula is C24H24N2O4. The van der Waals surface area contributed by atoms with Crippen LogP contribution in [-0.4, -0.2) is 32.2 Å². The summed E-state index contributed by atoms with van der Waals surface area (Å²) in [6.07, 6.45) is 0. The predicted octanol–water partition coefficient (Wildman–Crippen LogP) is 4.84. The van der Waals surface area contributed by atoms with Crippen molar-refractivity contribution >= 4 is 27.6 Å². The summed E-state index contributed by atoms with van der Waals surface area (Å²) in [4.78, 5) is 16.2. The Balaban J connectivity index is 1.68. The lowest BCUT2D eigenvalue weighted by Gasteiger charge is -2.16. The van der Waals surface area contributed by atoms with E-state index in [0.717, 1.165) is 21.7 Å². The van der Waals surface area contributed by atoms with Crippen molar-refractivity contribution in [2.24, 2.45) is 0 Å². The van der Waals surface area contributed by atoms with Crippen LogP contribution in [-0.2, 0) is 0 Å². The summed E-state index contributed by atoms with van der Waals surface area (Å²) >= 11 is 0. The van der Waals surface area contributed by atoms with Crippen molar-refractivity contribution in [3.8, 4) is 17.2 Å². The molecule has 1 aromatic heterocycles. The second-order valence-corrected chi connectivity index (χ2v) is 7.06. The molecule has 4 aromatic rings. The second kappa shape index (κ2) is 7.99. The Morgan fingerprint density at radius 1 is 0.900 bits per heavy atom. The Kier molecular flexibility index (Phi) is 5.23. The van der Waals surface area contributed by atoms with Crippen molar-refractivity contribution in [3.05, 3.63) is 65.9 Å². The number of ether oxygens (including phenoxy) is 3. The Morgan fingerprint density at radius 2 is 1.63 bits per heavy atom. The van der Waals surface area contributed by atoms with Crippen molar-refractivity contribution in [1.29, 1.82) is 0 Å². The molecule has 0 bridgehead atoms. The highest BCUT2D eigenvalue weighted by Crippen LogP contribution is 2.43. The van der Waals surface area contributed by atoms with Crippen molar-refractivity contribution in [3.63, 3.8) is 0 Å². The van der Waals surface area contributed by atoms with Crippen molar-refractivity contribution in [2.45, 2.75) is 13.0 Å². The summed E-state index contributed by atoms with van der Waals surface area (Å²) in [5.41, 5.74) is 2.18. The third kappa shape index (κ3) is 3.30. The highest BCUT2D eigenvalue weighted by molar-refractivity contribution is 6.01. The first-order valence-corrected chi connectivity index (χ1v) is 9.67. The van der Waals surface area contributed by atoms with Gasteiger partial charge in [-0.3, -0.25) is 4.79 Å². The minimum Gasteiger partial charge on any atom is -0.493 e. The van der Waals surface area contributed by atoms with Crippen LogP contribution in [0.4, 0.5) is 0 Å². The first-order chi connectivity index (χ1) is 14.6. The smallest absolute Gasteiger partial charge is 0.268 e. The summed E-state index contributed by atoms with van der Waals surface area (Å²) < 4.78 is 16.3. The number of carbonyl (C=O) groups is 1. The average Bonchev–Trinajstić information content (AvgIpc) is 3.21. The predicted molar refractivity (Wildman–Crippen MR) is 118 cm³/mol. The third-order valence-electron chi connectivity index (χ3n) is 5.30. The van der Waals surface area contributed by atoms with E-state index >= 15 is 0 Å². The molecule has 6 heteroatoms. The topological polar surface area (TPSA) is 72.6 Å². The van der Waals surface area contributed by atoms with E-state index in [0.29, 0.717) is 28.5 Å². The van der Waals surface area contributed by atoms with Crippen molar-refractivity contribution in [1.82, 2.24) is 10.3 Å². The second-order valence-electron chi connectivity index (χ2n) is 7.06. The van der Waals surface area contributed by atoms with Gasteiger partial charge < -0.3 is 24.5 Å². The molecule has 1 atom stereocenters. The van der Waals surface area contributed by atoms with Gasteiger partial charge in [-0.1, -0.05) is 42.5 Å². The molecule has 0 radical (unpaired) electrons. The van der Waals surface area contributed by atoms with Gasteiger partial charge in [0, 0.05) is 5.39 Å². The standard InChI is InChI=1S/C24H24N2O4/c1-14(17-11-7-9-15-8-5-6-10-18(15)17)25-24(27)19-12-16-13-20(28-2)22(29-3)23(30-4)21(16)26-19/h5-14,26H,1-4H3,(H,25,27). The molecule has 4 rings (SSSR count). The van der Waals surface area contributed by atoms with Gasteiger partial charge in [-0.05, 0) is 35.4 Å². The van der Waals surface area contributed by atoms with Crippen LogP contribution in [0.15, 0.2) is 54.6 Å². The van der Waals surface area contributed by atoms with Crippen LogP contribution in [0.1, 0.15) is 29.0 Å². The maximum Gasteiger partial charge on any atom is 0.268 e. The SMILES string of the molecule is COc1cc2cc(C(=O)NC(C)c3cccc4ccccc34)[nH]c2c(OC)c1OC. The fourth-order valence-electron chi connectivity index (χ4n) is 3.85. The fourth-order valence-corrected chi connectivity index (χ4v) is 3.85. The summed E-state index contributed by atoms with van der Waals surface area (Å²) in [5, 5.41) is 6.15. The number of fused-ring (bicyclic) bond motifs is 2. The summed E-state index contributed by atoms with van der Waals surface area (Å²) in [6, 6.07) is 17.7. The normalized spacial score (nSPS) is 12.0. The van der Waals surface area contributed by atoms with Crippen LogP contribution in [0.3, 0.4) is 0 Å². The van der Waals surface area contributed by atoms with Gasteiger partial charge in [0.2, 0.25) is 5.75 Å². The molecule has 0 aliphatic heterocycles. The molecule has 3 aromatic carbocycles. The van der Waals surface area contributed by atoms with E-state index in [9.17, 15) is 4.79 Å². The van der Waals surface area contributed by atoms with E-state index in [1.54, 1.807) is 27.4 Å². The van der Waals surface area contributed by atoms with Crippen LogP contribution in [0.5, 0.6) is 17.2 Å². The van der Waals surface area contributed by atoms with Gasteiger partial charge in [0.15, 0.2) is 11.5 Å². The largest absolute Gasteiger partial charge is 0.493 e. The number of rotatable bonds is 6. The molecule has 0 fully saturated rings. The average molecular weight is 404 g/mol. The third-order valence-corrected chi connectivity index (χ3v) is 5.30. The first kappa shape index (κ1) is 19.6. The lowest BCUT2D eigenvalue weighted by molar-refractivity contribution is 0.0936. The van der Waals surface area contributed by atoms with Crippen molar-refractivity contribution < 1.29 is 19.0 Å². The van der Waals surface area contributed by atoms with E-state index < -0.39 is 0 Å². The Bertz CT molecular complexity index is 1220. The van der Waals surface area contributed by atoms with Crippen molar-refractivity contribution in [2.75, 3.05) is 21.3 Å². The van der Waals surface area contributed by atoms with Gasteiger partial charge in [-0.25, -0.2) is 0 Å². The number of hydrogen-bond acceptors (Lipinski definition) is 4. The van der Waals surface area contributed by atoms with E-state index in [2.05, 4.69) is 28.5 Å². The monoisotopic (exact) mass is 404 g/mol. The van der Waals surface area contributed by atoms with Crippen LogP contribution < -0.4 is 19.5 Å². The summed E-state index contributed by atoms with van der Waals surface area (Å²) in [7, 11) is 4.67. The number of aromatic amines is 1. The van der Waals surface area contributed by atoms with E-state index in [-0.39, 0.29) is 11.9 Å². The zero-order chi connectivity index (χ0) is 21.3. The summed E-state index contributed by atoms with van der Waals surface area (Å²) in [5.74, 6) is 1.31. The highest BCUT2D eigenvalue weighted by atomic mass is 16.5. The number of methoxy groups -OCH3 is 3. The van der Waals surface area contributed by atoms with Gasteiger partial charge >= 0.3 is 0 Å². The highest BCUT2D eigenvalue weighted by Gasteiger charge is 2.21. The quantitative estimate of drug-likeness (QED) is 0.482. The molecule has 6 nitrogen and oxygen atoms in total. The fraction of sp³-hybridized carbons (Fsp3) is 0.208. The molecule has 1 amide bonds. The van der Waals surface area contributed by atoms with E-state index in [1.165, 1.54) is 0 Å². The van der Waals surface area contributed by atoms with Gasteiger partial charge in [0.05, 0.1) is 32.9 Å². The minimum atomic E-state index is -0.202. The minimum absolute atomic E-state index is 0.166. The molecule has 0 saturated carbocycles. The molecule has 0 aliphatic rings. The Hall–Kier alpha value is -3.67. The van der Waals surface area contributed by atoms with Gasteiger partial charge in [0.1, 0.15) is 5.69 Å². The maximum absolute atomic E-state index is 13.0. The number of amides is 1. The van der Waals surface area contributed by atoms with Crippen LogP contribution in [0.25, 0.3) is 21.7 Å². The first-order valence-electron chi connectivity index (χ1n) is 9.67. The maximum atomic E-state index is 13.0. The molecule has 154 valence electrons. The van der Waals surface area contributed by atoms with E-state index in [1.807, 2.05) is 37.3 Å². The molecule has 30 heavy (non-hydrogen) atoms. The van der Waals surface area contributed by atoms with Gasteiger partial charge in [-0.2, -0.15) is 0 Å². The van der Waals surface area contributed by atoms with Crippen LogP contribution in [0.2, 0.25) is 0 Å². The molecule has 0 spiro atoms. The van der Waals surface area contributed by atoms with Gasteiger partial charge in [-0.15, -0.1) is 0 Å². The Labute approximate surface area is 174 Å². The number of H-pyrrole nitrogens is 1. The lowest BCUT2D eigenvalue weighted by Crippen LogP contribution is -2.27. The molecule has 1 heterocycles. The number of aromatic nitrogens is 1. The molecule has 1 unspecified atom stereocenters. The van der Waals surface area contributed by atoms with Crippen LogP contribution >= 0.6 is 0 Å².